The van der Waals surface area contributed by atoms with E-state index in [0.717, 1.165) is 6.07 Å². The van der Waals surface area contributed by atoms with Gasteiger partial charge in [-0.3, -0.25) is 9.59 Å². The number of carbonyl (C=O) groups is 2. The Morgan fingerprint density at radius 1 is 0.826 bits per heavy atom. The Hall–Kier alpha value is -2.25. The number of halogens is 5. The van der Waals surface area contributed by atoms with Gasteiger partial charge in [-0.1, -0.05) is 29.3 Å². The van der Waals surface area contributed by atoms with Gasteiger partial charge in [-0.2, -0.15) is 0 Å². The fourth-order valence-corrected chi connectivity index (χ4v) is 2.08. The summed E-state index contributed by atoms with van der Waals surface area (Å²) < 4.78 is 39.3. The lowest BCUT2D eigenvalue weighted by molar-refractivity contribution is -0.133. The minimum Gasteiger partial charge on any atom is -0.315 e. The van der Waals surface area contributed by atoms with E-state index in [2.05, 4.69) is 5.32 Å². The summed E-state index contributed by atoms with van der Waals surface area (Å²) in [6, 6.07) is 5.77. The molecule has 0 aliphatic carbocycles. The number of para-hydroxylation sites is 1. The Bertz CT molecular complexity index is 780. The molecular weight excluding hydrogens is 356 g/mol. The molecule has 0 bridgehead atoms. The number of anilines is 2. The van der Waals surface area contributed by atoms with Gasteiger partial charge >= 0.3 is 11.8 Å². The average molecular weight is 363 g/mol. The van der Waals surface area contributed by atoms with Crippen LogP contribution in [0, 0.1) is 17.5 Å². The minimum atomic E-state index is -1.77. The molecule has 9 heteroatoms. The molecule has 0 radical (unpaired) electrons. The van der Waals surface area contributed by atoms with Gasteiger partial charge in [0, 0.05) is 0 Å². The van der Waals surface area contributed by atoms with Crippen molar-refractivity contribution in [2.45, 2.75) is 0 Å². The van der Waals surface area contributed by atoms with Gasteiger partial charge in [0.1, 0.15) is 0 Å². The highest BCUT2D eigenvalue weighted by Crippen LogP contribution is 2.29. The van der Waals surface area contributed by atoms with Crippen LogP contribution in [0.2, 0.25) is 10.0 Å². The van der Waals surface area contributed by atoms with E-state index in [1.807, 2.05) is 5.32 Å². The quantitative estimate of drug-likeness (QED) is 0.626. The molecule has 0 fully saturated rings. The summed E-state index contributed by atoms with van der Waals surface area (Å²) in [7, 11) is 0. The molecule has 2 aromatic carbocycles. The van der Waals surface area contributed by atoms with Crippen LogP contribution in [-0.2, 0) is 9.59 Å². The van der Waals surface area contributed by atoms with Crippen molar-refractivity contribution in [2.75, 3.05) is 10.6 Å². The van der Waals surface area contributed by atoms with E-state index in [4.69, 9.17) is 23.2 Å². The predicted molar refractivity (Wildman–Crippen MR) is 80.0 cm³/mol. The normalized spacial score (nSPS) is 10.3. The molecule has 4 nitrogen and oxygen atoms in total. The first-order valence-corrected chi connectivity index (χ1v) is 6.76. The van der Waals surface area contributed by atoms with Gasteiger partial charge in [0.25, 0.3) is 0 Å². The van der Waals surface area contributed by atoms with Gasteiger partial charge < -0.3 is 10.6 Å². The smallest absolute Gasteiger partial charge is 0.314 e. The predicted octanol–water partition coefficient (Wildman–Crippen LogP) is 3.99. The first kappa shape index (κ1) is 17.1. The van der Waals surface area contributed by atoms with Crippen LogP contribution in [0.25, 0.3) is 0 Å². The third-order valence-corrected chi connectivity index (χ3v) is 3.32. The molecule has 120 valence electrons. The van der Waals surface area contributed by atoms with E-state index in [1.54, 1.807) is 0 Å². The molecule has 2 N–H and O–H groups in total. The zero-order valence-corrected chi connectivity index (χ0v) is 12.6. The second-order valence-electron chi connectivity index (χ2n) is 4.23. The van der Waals surface area contributed by atoms with Crippen molar-refractivity contribution in [3.63, 3.8) is 0 Å². The van der Waals surface area contributed by atoms with E-state index in [9.17, 15) is 22.8 Å². The first-order chi connectivity index (χ1) is 10.8. The average Bonchev–Trinajstić information content (AvgIpc) is 2.51. The first-order valence-electron chi connectivity index (χ1n) is 6.01. The Balaban J connectivity index is 2.15. The topological polar surface area (TPSA) is 58.2 Å². The van der Waals surface area contributed by atoms with E-state index in [-0.39, 0.29) is 15.7 Å². The van der Waals surface area contributed by atoms with Crippen molar-refractivity contribution in [2.24, 2.45) is 0 Å². The lowest BCUT2D eigenvalue weighted by Crippen LogP contribution is -2.29. The molecule has 0 spiro atoms. The number of carbonyl (C=O) groups excluding carboxylic acids is 2. The van der Waals surface area contributed by atoms with Crippen molar-refractivity contribution >= 4 is 46.4 Å². The molecule has 0 aliphatic rings. The van der Waals surface area contributed by atoms with E-state index < -0.39 is 35.0 Å². The lowest BCUT2D eigenvalue weighted by atomic mass is 10.2. The van der Waals surface area contributed by atoms with Gasteiger partial charge in [-0.15, -0.1) is 0 Å². The summed E-state index contributed by atoms with van der Waals surface area (Å²) in [5, 5.41) is 4.12. The van der Waals surface area contributed by atoms with Gasteiger partial charge in [0.05, 0.1) is 21.4 Å². The van der Waals surface area contributed by atoms with Crippen LogP contribution in [-0.4, -0.2) is 11.8 Å². The SMILES string of the molecule is O=C(Nc1ccc(F)c(F)c1F)C(=O)Nc1c(Cl)cccc1Cl. The van der Waals surface area contributed by atoms with Crippen molar-refractivity contribution < 1.29 is 22.8 Å². The van der Waals surface area contributed by atoms with Crippen LogP contribution in [0.1, 0.15) is 0 Å². The van der Waals surface area contributed by atoms with Gasteiger partial charge in [-0.05, 0) is 24.3 Å². The highest BCUT2D eigenvalue weighted by Gasteiger charge is 2.20. The Morgan fingerprint density at radius 2 is 1.39 bits per heavy atom. The second kappa shape index (κ2) is 6.89. The Morgan fingerprint density at radius 3 is 2.00 bits per heavy atom. The van der Waals surface area contributed by atoms with Gasteiger partial charge in [0.15, 0.2) is 17.5 Å². The highest BCUT2D eigenvalue weighted by molar-refractivity contribution is 6.46. The van der Waals surface area contributed by atoms with Crippen molar-refractivity contribution in [3.05, 3.63) is 57.8 Å². The third kappa shape index (κ3) is 3.75. The molecule has 2 amide bonds. The number of rotatable bonds is 2. The molecule has 2 aromatic rings. The van der Waals surface area contributed by atoms with E-state index in [1.165, 1.54) is 18.2 Å². The molecule has 0 unspecified atom stereocenters. The van der Waals surface area contributed by atoms with Crippen LogP contribution in [0.4, 0.5) is 24.5 Å². The zero-order valence-electron chi connectivity index (χ0n) is 11.1. The summed E-state index contributed by atoms with van der Waals surface area (Å²) in [4.78, 5) is 23.4. The molecule has 0 heterocycles. The molecule has 0 atom stereocenters. The van der Waals surface area contributed by atoms with Crippen molar-refractivity contribution in [3.8, 4) is 0 Å². The molecular formula is C14H7Cl2F3N2O2. The molecule has 23 heavy (non-hydrogen) atoms. The zero-order chi connectivity index (χ0) is 17.1. The van der Waals surface area contributed by atoms with E-state index in [0.29, 0.717) is 6.07 Å². The largest absolute Gasteiger partial charge is 0.315 e. The number of hydrogen-bond acceptors (Lipinski definition) is 2. The fourth-order valence-electron chi connectivity index (χ4n) is 1.59. The van der Waals surface area contributed by atoms with Gasteiger partial charge in [-0.25, -0.2) is 13.2 Å². The molecule has 0 aromatic heterocycles. The third-order valence-electron chi connectivity index (χ3n) is 2.69. The Labute approximate surface area is 138 Å². The summed E-state index contributed by atoms with van der Waals surface area (Å²) in [5.74, 6) is -7.35. The highest BCUT2D eigenvalue weighted by atomic mass is 35.5. The second-order valence-corrected chi connectivity index (χ2v) is 5.04. The summed E-state index contributed by atoms with van der Waals surface area (Å²) in [6.45, 7) is 0. The molecule has 0 saturated carbocycles. The molecule has 0 saturated heterocycles. The number of nitrogens with one attached hydrogen (secondary N) is 2. The number of hydrogen-bond donors (Lipinski definition) is 2. The van der Waals surface area contributed by atoms with Crippen molar-refractivity contribution in [1.29, 1.82) is 0 Å². The fraction of sp³-hybridized carbons (Fsp3) is 0. The lowest BCUT2D eigenvalue weighted by Gasteiger charge is -2.10. The monoisotopic (exact) mass is 362 g/mol. The minimum absolute atomic E-state index is 0.0123. The number of benzene rings is 2. The van der Waals surface area contributed by atoms with Gasteiger partial charge in [0.2, 0.25) is 0 Å². The van der Waals surface area contributed by atoms with Crippen LogP contribution < -0.4 is 10.6 Å². The van der Waals surface area contributed by atoms with Crippen LogP contribution in [0.15, 0.2) is 30.3 Å². The standard InChI is InChI=1S/C14H7Cl2F3N2O2/c15-6-2-1-3-7(16)12(6)21-14(23)13(22)20-9-5-4-8(17)10(18)11(9)19/h1-5H,(H,20,22)(H,21,23). The summed E-state index contributed by atoms with van der Waals surface area (Å²) in [5.41, 5.74) is -0.698. The van der Waals surface area contributed by atoms with E-state index >= 15 is 0 Å². The maximum Gasteiger partial charge on any atom is 0.314 e. The maximum absolute atomic E-state index is 13.4. The maximum atomic E-state index is 13.4. The van der Waals surface area contributed by atoms with Crippen molar-refractivity contribution in [1.82, 2.24) is 0 Å². The van der Waals surface area contributed by atoms with Crippen LogP contribution >= 0.6 is 23.2 Å². The summed E-state index contributed by atoms with van der Waals surface area (Å²) in [6.07, 6.45) is 0. The Kier molecular flexibility index (Phi) is 5.12. The van der Waals surface area contributed by atoms with Crippen LogP contribution in [0.3, 0.4) is 0 Å². The molecule has 2 rings (SSSR count). The number of amides is 2. The summed E-state index contributed by atoms with van der Waals surface area (Å²) >= 11 is 11.6. The van der Waals surface area contributed by atoms with Crippen LogP contribution in [0.5, 0.6) is 0 Å². The molecule has 0 aliphatic heterocycles.